The topological polar surface area (TPSA) is 73.9 Å². The second kappa shape index (κ2) is 9.51. The van der Waals surface area contributed by atoms with Gasteiger partial charge in [-0.1, -0.05) is 86.1 Å². The molecule has 0 radical (unpaired) electrons. The highest BCUT2D eigenvalue weighted by atomic mass is 16.5. The summed E-state index contributed by atoms with van der Waals surface area (Å²) < 4.78 is 5.63. The quantitative estimate of drug-likeness (QED) is 0.231. The number of benzene rings is 4. The molecule has 0 saturated heterocycles. The lowest BCUT2D eigenvalue weighted by Gasteiger charge is -2.12. The smallest absolute Gasteiger partial charge is 0.338 e. The molecule has 0 bridgehead atoms. The Morgan fingerprint density at radius 1 is 0.816 bits per heavy atom. The lowest BCUT2D eigenvalue weighted by molar-refractivity contribution is 0.0500. The van der Waals surface area contributed by atoms with E-state index in [0.29, 0.717) is 17.4 Å². The van der Waals surface area contributed by atoms with Gasteiger partial charge < -0.3 is 4.74 Å². The van der Waals surface area contributed by atoms with Gasteiger partial charge in [0.15, 0.2) is 0 Å². The molecule has 0 fully saturated rings. The summed E-state index contributed by atoms with van der Waals surface area (Å²) in [5.41, 5.74) is 10.00. The van der Waals surface area contributed by atoms with E-state index in [9.17, 15) is 15.3 Å². The summed E-state index contributed by atoms with van der Waals surface area (Å²) in [6.45, 7) is 2.40. The number of ether oxygens (including phenoxy) is 1. The van der Waals surface area contributed by atoms with Crippen molar-refractivity contribution in [2.45, 2.75) is 26.2 Å². The molecule has 0 N–H and O–H groups in total. The summed E-state index contributed by atoms with van der Waals surface area (Å²) in [6.07, 6.45) is 2.51. The third-order valence-electron chi connectivity index (χ3n) is 7.49. The molecular weight excluding hydrogens is 468 g/mol. The molecule has 38 heavy (non-hydrogen) atoms. The number of nitrogens with zero attached hydrogens (tertiary/aromatic N) is 2. The van der Waals surface area contributed by atoms with E-state index in [1.807, 2.05) is 18.2 Å². The van der Waals surface area contributed by atoms with Crippen LogP contribution in [-0.2, 0) is 11.2 Å². The van der Waals surface area contributed by atoms with Gasteiger partial charge in [-0.05, 0) is 63.4 Å². The van der Waals surface area contributed by atoms with Crippen LogP contribution in [-0.4, -0.2) is 12.6 Å². The first-order chi connectivity index (χ1) is 18.7. The number of unbranched alkanes of at least 4 members (excludes halogenated alkanes) is 1. The van der Waals surface area contributed by atoms with Crippen LogP contribution in [0.25, 0.3) is 33.4 Å². The molecule has 0 aromatic heterocycles. The zero-order valence-electron chi connectivity index (χ0n) is 21.0. The van der Waals surface area contributed by atoms with E-state index in [-0.39, 0.29) is 5.57 Å². The Morgan fingerprint density at radius 3 is 2.26 bits per heavy atom. The molecule has 4 aromatic rings. The molecule has 0 amide bonds. The molecule has 2 aliphatic rings. The van der Waals surface area contributed by atoms with Crippen molar-refractivity contribution in [3.05, 3.63) is 117 Å². The van der Waals surface area contributed by atoms with Gasteiger partial charge in [0, 0.05) is 16.0 Å². The van der Waals surface area contributed by atoms with Gasteiger partial charge in [0.25, 0.3) is 0 Å². The Hall–Kier alpha value is -4.93. The van der Waals surface area contributed by atoms with Gasteiger partial charge in [-0.15, -0.1) is 0 Å². The first-order valence-corrected chi connectivity index (χ1v) is 12.9. The number of fused-ring (bicyclic) bond motifs is 6. The van der Waals surface area contributed by atoms with Crippen molar-refractivity contribution in [1.29, 1.82) is 10.5 Å². The van der Waals surface area contributed by atoms with Crippen molar-refractivity contribution in [2.75, 3.05) is 6.61 Å². The van der Waals surface area contributed by atoms with Gasteiger partial charge in [-0.2, -0.15) is 10.5 Å². The number of rotatable bonds is 5. The largest absolute Gasteiger partial charge is 0.462 e. The Bertz CT molecular complexity index is 1840. The lowest BCUT2D eigenvalue weighted by Crippen LogP contribution is -2.31. The predicted molar refractivity (Wildman–Crippen MR) is 147 cm³/mol. The van der Waals surface area contributed by atoms with Crippen molar-refractivity contribution in [2.24, 2.45) is 0 Å². The molecule has 4 nitrogen and oxygen atoms in total. The van der Waals surface area contributed by atoms with Crippen LogP contribution in [0.4, 0.5) is 0 Å². The fraction of sp³-hybridized carbons (Fsp3) is 0.147. The van der Waals surface area contributed by atoms with Crippen molar-refractivity contribution >= 4 is 17.1 Å². The van der Waals surface area contributed by atoms with Crippen molar-refractivity contribution in [1.82, 2.24) is 0 Å². The molecular formula is C34H24N2O2. The Morgan fingerprint density at radius 2 is 1.50 bits per heavy atom. The maximum atomic E-state index is 13.3. The van der Waals surface area contributed by atoms with Gasteiger partial charge in [-0.25, -0.2) is 4.79 Å². The lowest BCUT2D eigenvalue weighted by atomic mass is 9.91. The first kappa shape index (κ1) is 23.5. The summed E-state index contributed by atoms with van der Waals surface area (Å²) in [5, 5.41) is 21.0. The summed E-state index contributed by atoms with van der Waals surface area (Å²) in [4.78, 5) is 13.3. The highest BCUT2D eigenvalue weighted by Gasteiger charge is 2.30. The molecule has 0 heterocycles. The molecule has 0 aliphatic heterocycles. The molecule has 0 saturated carbocycles. The molecule has 4 heteroatoms. The Balaban J connectivity index is 1.73. The SMILES string of the molecule is CCCCOC(=O)c1ccc(=C(C#N)C#N)c2c1-c1ccccc1C=2c1cccc2c1Cc1ccccc1-2. The van der Waals surface area contributed by atoms with Gasteiger partial charge in [-0.3, -0.25) is 0 Å². The van der Waals surface area contributed by atoms with Gasteiger partial charge in [0.05, 0.1) is 12.2 Å². The summed E-state index contributed by atoms with van der Waals surface area (Å²) in [6, 6.07) is 30.3. The van der Waals surface area contributed by atoms with Crippen molar-refractivity contribution in [3.63, 3.8) is 0 Å². The number of carbonyl (C=O) groups is 1. The van der Waals surface area contributed by atoms with Crippen LogP contribution in [0.1, 0.15) is 52.4 Å². The number of carbonyl (C=O) groups excluding carboxylic acids is 1. The van der Waals surface area contributed by atoms with E-state index in [1.165, 1.54) is 22.3 Å². The maximum Gasteiger partial charge on any atom is 0.338 e. The van der Waals surface area contributed by atoms with Crippen molar-refractivity contribution < 1.29 is 9.53 Å². The number of nitriles is 2. The van der Waals surface area contributed by atoms with Crippen LogP contribution < -0.4 is 10.4 Å². The number of hydrogen-bond acceptors (Lipinski definition) is 4. The standard InChI is InChI=1S/C34H24N2O2/c1-2-3-17-38-34(37)29-16-15-24(22(19-35)20-36)33-31(26-11-6-7-12-27(26)32(29)33)28-14-8-13-25-23-10-5-4-9-21(23)18-30(25)28/h4-16H,2-3,17-18H2,1H3. The van der Waals surface area contributed by atoms with E-state index < -0.39 is 5.97 Å². The zero-order chi connectivity index (χ0) is 26.2. The zero-order valence-corrected chi connectivity index (χ0v) is 21.0. The molecule has 4 aromatic carbocycles. The van der Waals surface area contributed by atoms with Crippen molar-refractivity contribution in [3.8, 4) is 34.4 Å². The van der Waals surface area contributed by atoms with Crippen LogP contribution >= 0.6 is 0 Å². The first-order valence-electron chi connectivity index (χ1n) is 12.9. The van der Waals surface area contributed by atoms with Gasteiger partial charge in [0.1, 0.15) is 17.7 Å². The third kappa shape index (κ3) is 3.54. The Labute approximate surface area is 221 Å². The summed E-state index contributed by atoms with van der Waals surface area (Å²) in [7, 11) is 0. The summed E-state index contributed by atoms with van der Waals surface area (Å²) >= 11 is 0. The normalized spacial score (nSPS) is 12.0. The van der Waals surface area contributed by atoms with Gasteiger partial charge in [0.2, 0.25) is 0 Å². The summed E-state index contributed by atoms with van der Waals surface area (Å²) in [5.74, 6) is -0.390. The highest BCUT2D eigenvalue weighted by Crippen LogP contribution is 2.44. The molecule has 2 aliphatic carbocycles. The van der Waals surface area contributed by atoms with Crippen LogP contribution in [0.5, 0.6) is 0 Å². The fourth-order valence-electron chi connectivity index (χ4n) is 5.78. The molecule has 182 valence electrons. The number of hydrogen-bond donors (Lipinski definition) is 0. The second-order valence-electron chi connectivity index (χ2n) is 9.58. The second-order valence-corrected chi connectivity index (χ2v) is 9.58. The Kier molecular flexibility index (Phi) is 5.87. The molecule has 0 atom stereocenters. The predicted octanol–water partition coefficient (Wildman–Crippen LogP) is 5.64. The minimum atomic E-state index is -0.390. The molecule has 6 rings (SSSR count). The highest BCUT2D eigenvalue weighted by molar-refractivity contribution is 6.06. The van der Waals surface area contributed by atoms with E-state index in [4.69, 9.17) is 4.74 Å². The van der Waals surface area contributed by atoms with Crippen LogP contribution in [0.3, 0.4) is 0 Å². The van der Waals surface area contributed by atoms with Crippen LogP contribution in [0.15, 0.2) is 78.9 Å². The fourth-order valence-corrected chi connectivity index (χ4v) is 5.78. The van der Waals surface area contributed by atoms with Crippen LogP contribution in [0.2, 0.25) is 0 Å². The van der Waals surface area contributed by atoms with Gasteiger partial charge >= 0.3 is 5.97 Å². The minimum Gasteiger partial charge on any atom is -0.462 e. The average molecular weight is 493 g/mol. The van der Waals surface area contributed by atoms with E-state index in [1.54, 1.807) is 12.1 Å². The van der Waals surface area contributed by atoms with Crippen LogP contribution in [0, 0.1) is 22.7 Å². The van der Waals surface area contributed by atoms with E-state index >= 15 is 0 Å². The average Bonchev–Trinajstić information content (AvgIpc) is 3.50. The maximum absolute atomic E-state index is 13.3. The van der Waals surface area contributed by atoms with E-state index in [2.05, 4.69) is 67.6 Å². The molecule has 0 spiro atoms. The monoisotopic (exact) mass is 492 g/mol. The third-order valence-corrected chi connectivity index (χ3v) is 7.49. The number of esters is 1. The van der Waals surface area contributed by atoms with E-state index in [0.717, 1.165) is 52.3 Å². The minimum absolute atomic E-state index is 0.0216. The molecule has 0 unspecified atom stereocenters.